The Balaban J connectivity index is 0.600. The monoisotopic (exact) mass is 1400 g/mol. The zero-order valence-corrected chi connectivity index (χ0v) is 60.1. The highest BCUT2D eigenvalue weighted by molar-refractivity contribution is 5.96. The number of ketones is 1. The number of carbonyl (C=O) groups excluding carboxylic acids is 2. The second-order valence-electron chi connectivity index (χ2n) is 31.0. The van der Waals surface area contributed by atoms with Gasteiger partial charge in [0.05, 0.1) is 98.2 Å². The maximum Gasteiger partial charge on any atom is 0.303 e. The van der Waals surface area contributed by atoms with Crippen molar-refractivity contribution in [3.05, 3.63) is 23.5 Å². The third-order valence-corrected chi connectivity index (χ3v) is 24.8. The van der Waals surface area contributed by atoms with Crippen LogP contribution in [0.5, 0.6) is 0 Å². The molecule has 12 aliphatic rings. The second-order valence-corrected chi connectivity index (χ2v) is 31.0. The first-order valence-corrected chi connectivity index (χ1v) is 36.0. The van der Waals surface area contributed by atoms with Gasteiger partial charge < -0.3 is 110 Å². The number of fused-ring (bicyclic) bond motifs is 6. The van der Waals surface area contributed by atoms with Crippen LogP contribution >= 0.6 is 0 Å². The molecule has 3 saturated carbocycles. The Hall–Kier alpha value is -2.50. The van der Waals surface area contributed by atoms with Crippen molar-refractivity contribution in [3.8, 4) is 0 Å². The van der Waals surface area contributed by atoms with Gasteiger partial charge in [-0.1, -0.05) is 32.4 Å². The molecule has 558 valence electrons. The molecular formula is C71H112O27. The first-order chi connectivity index (χ1) is 46.5. The predicted octanol–water partition coefficient (Wildman–Crippen LogP) is 5.81. The normalized spacial score (nSPS) is 51.7. The second kappa shape index (κ2) is 29.8. The Labute approximate surface area is 576 Å². The van der Waals surface area contributed by atoms with E-state index in [4.69, 9.17) is 99.8 Å². The minimum absolute atomic E-state index is 0.00427. The van der Waals surface area contributed by atoms with Crippen molar-refractivity contribution >= 4 is 11.8 Å². The third kappa shape index (κ3) is 14.3. The van der Waals surface area contributed by atoms with Crippen LogP contribution in [0, 0.1) is 28.1 Å². The summed E-state index contributed by atoms with van der Waals surface area (Å²) in [5.41, 5.74) is -0.203. The molecule has 4 N–H and O–H groups in total. The van der Waals surface area contributed by atoms with Crippen LogP contribution in [-0.4, -0.2) is 251 Å². The topological polar surface area (TPSA) is 309 Å². The highest BCUT2D eigenvalue weighted by Crippen LogP contribution is 2.72. The average molecular weight is 1400 g/mol. The summed E-state index contributed by atoms with van der Waals surface area (Å²) in [6.45, 7) is 23.1. The molecule has 0 bridgehead atoms. The van der Waals surface area contributed by atoms with Crippen LogP contribution < -0.4 is 0 Å². The summed E-state index contributed by atoms with van der Waals surface area (Å²) in [6, 6.07) is 0. The molecule has 10 fully saturated rings. The van der Waals surface area contributed by atoms with E-state index in [0.29, 0.717) is 18.8 Å². The predicted molar refractivity (Wildman–Crippen MR) is 340 cm³/mol. The lowest BCUT2D eigenvalue weighted by molar-refractivity contribution is -0.472. The molecule has 4 aliphatic carbocycles. The molecular weight excluding hydrogens is 1280 g/mol. The van der Waals surface area contributed by atoms with E-state index in [1.165, 1.54) is 33.8 Å². The molecule has 98 heavy (non-hydrogen) atoms. The van der Waals surface area contributed by atoms with Gasteiger partial charge in [0, 0.05) is 65.8 Å². The largest absolute Gasteiger partial charge is 0.493 e. The number of methoxy groups -OCH3 is 4. The number of aliphatic hydroxyl groups is 4. The molecule has 27 nitrogen and oxygen atoms in total. The van der Waals surface area contributed by atoms with Crippen molar-refractivity contribution in [3.63, 3.8) is 0 Å². The molecule has 0 aromatic heterocycles. The van der Waals surface area contributed by atoms with Gasteiger partial charge >= 0.3 is 5.97 Å². The lowest BCUT2D eigenvalue weighted by Crippen LogP contribution is -2.62. The molecule has 0 unspecified atom stereocenters. The van der Waals surface area contributed by atoms with E-state index in [0.717, 1.165) is 44.9 Å². The minimum atomic E-state index is -1.38. The molecule has 12 rings (SSSR count). The van der Waals surface area contributed by atoms with Gasteiger partial charge in [-0.25, -0.2) is 4.89 Å². The summed E-state index contributed by atoms with van der Waals surface area (Å²) in [5.74, 6) is -1.29. The van der Waals surface area contributed by atoms with E-state index in [9.17, 15) is 30.0 Å². The fraction of sp³-hybridized carbons (Fsp3) is 0.915. The molecule has 7 saturated heterocycles. The first-order valence-electron chi connectivity index (χ1n) is 36.0. The zero-order chi connectivity index (χ0) is 70.3. The van der Waals surface area contributed by atoms with Gasteiger partial charge in [-0.15, -0.1) is 0 Å². The first kappa shape index (κ1) is 75.2. The van der Waals surface area contributed by atoms with Crippen LogP contribution in [0.15, 0.2) is 23.5 Å². The zero-order valence-electron chi connectivity index (χ0n) is 60.1. The average Bonchev–Trinajstić information content (AvgIpc) is 1.39. The minimum Gasteiger partial charge on any atom is -0.493 e. The summed E-state index contributed by atoms with van der Waals surface area (Å²) in [7, 11) is 6.03. The van der Waals surface area contributed by atoms with Gasteiger partial charge in [-0.3, -0.25) is 9.59 Å². The van der Waals surface area contributed by atoms with Gasteiger partial charge in [0.1, 0.15) is 49.3 Å². The Bertz CT molecular complexity index is 2790. The summed E-state index contributed by atoms with van der Waals surface area (Å²) in [6.07, 6.45) is -9.12. The van der Waals surface area contributed by atoms with Crippen molar-refractivity contribution < 1.29 is 130 Å². The molecule has 35 atom stereocenters. The Morgan fingerprint density at radius 2 is 1.27 bits per heavy atom. The highest BCUT2D eigenvalue weighted by atomic mass is 17.2. The van der Waals surface area contributed by atoms with Gasteiger partial charge in [-0.05, 0) is 135 Å². The fourth-order valence-electron chi connectivity index (χ4n) is 19.6. The van der Waals surface area contributed by atoms with Crippen molar-refractivity contribution in [2.24, 2.45) is 28.1 Å². The van der Waals surface area contributed by atoms with Crippen LogP contribution in [-0.2, 0) is 109 Å². The SMILES string of the molecule is COC1=C[C@@H](C)O[C@@H](O[C@H]2CC[C@@]3(C)C(=CC[C@]4(C)[C@H]3CC[C@@]3(C)[C@H]4CC[C@]3(O)[C@H](C)O[C@H]3C[C@H]4OC[C@]5(C[C@H](OC)[C@H](O[C@H]6C[C@H](O)[C@H](O[C@H]7C[C@H](O)[C@H](O[C@H]8C[C@H](OC)[C@H](O[C@@H]9O[C@H](C)[C@H](O)[C@H](OC)[C@H]9OC(C)=O)[C@@H](C)O8)[C@@H](C)O7)[C@@H](C)O6)[C@@H](C)O5)OO[C@@H]4[C@@H](C)O3)C2)C1=O. The van der Waals surface area contributed by atoms with Crippen LogP contribution in [0.4, 0.5) is 0 Å². The van der Waals surface area contributed by atoms with E-state index in [1.807, 2.05) is 27.7 Å². The number of Topliss-reactive ketones (excluding diaryl/α,β-unsaturated/α-hetero) is 1. The third-order valence-electron chi connectivity index (χ3n) is 24.8. The van der Waals surface area contributed by atoms with E-state index < -0.39 is 183 Å². The number of esters is 1. The number of hydrogen-bond acceptors (Lipinski definition) is 27. The number of carbonyl (C=O) groups is 2. The molecule has 0 amide bonds. The van der Waals surface area contributed by atoms with E-state index in [1.54, 1.807) is 40.9 Å². The number of aliphatic hydroxyl groups excluding tert-OH is 3. The number of hydrogen-bond donors (Lipinski definition) is 4. The van der Waals surface area contributed by atoms with Crippen LogP contribution in [0.1, 0.15) is 167 Å². The van der Waals surface area contributed by atoms with Crippen molar-refractivity contribution in [1.82, 2.24) is 0 Å². The summed E-state index contributed by atoms with van der Waals surface area (Å²) in [5, 5.41) is 47.1. The molecule has 8 aliphatic heterocycles. The van der Waals surface area contributed by atoms with Crippen molar-refractivity contribution in [1.29, 1.82) is 0 Å². The lowest BCUT2D eigenvalue weighted by Gasteiger charge is -2.64. The maximum atomic E-state index is 13.1. The highest BCUT2D eigenvalue weighted by Gasteiger charge is 2.70. The number of ether oxygens (including phenoxy) is 19. The molecule has 8 heterocycles. The molecule has 0 aromatic rings. The quantitative estimate of drug-likeness (QED) is 0.0715. The van der Waals surface area contributed by atoms with Gasteiger partial charge in [0.25, 0.3) is 5.78 Å². The Morgan fingerprint density at radius 3 is 1.90 bits per heavy atom. The molecule has 1 spiro atoms. The van der Waals surface area contributed by atoms with Crippen LogP contribution in [0.2, 0.25) is 0 Å². The standard InChI is InChI=1S/C71H112O27/c1-33-25-46(78-13)57(76)65(83-33)91-43-18-22-67(10)42(26-43)17-21-68(11)50(67)19-23-69(12)51(68)20-24-71(69,77)40(8)89-54-30-48-62(38(6)87-54)97-98-70(32-82-48)31-49(80-15)61(39(7)96-70)94-53-28-45(74)58(35(3)85-53)92-52-27-44(73)59(36(4)84-52)93-55-29-47(79-14)60(37(5)86-55)95-66-64(90-41(9)72)63(81-16)56(75)34(2)88-66/h17,25,33-40,43-45,47-56,58-66,73-75,77H,18-24,26-32H2,1-16H3/t33-,34-,35-,36-,37-,38-,39-,40+,43+,44+,45+,47+,48-,49+,50+,51+,52+,53+,54+,55+,56+,58-,59-,60-,61-,62-,63+,64-,65+,66+,67+,68-,69+,70+,71+/m1/s1. The number of allylic oxidation sites excluding steroid dienone is 1. The van der Waals surface area contributed by atoms with Crippen molar-refractivity contribution in [2.45, 2.75) is 350 Å². The summed E-state index contributed by atoms with van der Waals surface area (Å²) < 4.78 is 118. The van der Waals surface area contributed by atoms with Gasteiger partial charge in [-0.2, -0.15) is 4.89 Å². The number of rotatable bonds is 18. The summed E-state index contributed by atoms with van der Waals surface area (Å²) >= 11 is 0. The van der Waals surface area contributed by atoms with E-state index in [2.05, 4.69) is 26.8 Å². The fourth-order valence-corrected chi connectivity index (χ4v) is 19.6. The maximum absolute atomic E-state index is 13.1. The van der Waals surface area contributed by atoms with E-state index in [-0.39, 0.29) is 72.8 Å². The van der Waals surface area contributed by atoms with Crippen molar-refractivity contribution in [2.75, 3.05) is 35.0 Å². The van der Waals surface area contributed by atoms with Gasteiger partial charge in [0.2, 0.25) is 12.1 Å². The Kier molecular flexibility index (Phi) is 22.9. The van der Waals surface area contributed by atoms with Gasteiger partial charge in [0.15, 0.2) is 43.3 Å². The Morgan fingerprint density at radius 1 is 0.643 bits per heavy atom. The van der Waals surface area contributed by atoms with E-state index >= 15 is 0 Å². The van der Waals surface area contributed by atoms with Crippen LogP contribution in [0.3, 0.4) is 0 Å². The van der Waals surface area contributed by atoms with Crippen LogP contribution in [0.25, 0.3) is 0 Å². The lowest BCUT2D eigenvalue weighted by atomic mass is 9.41. The molecule has 27 heteroatoms. The smallest absolute Gasteiger partial charge is 0.303 e. The molecule has 0 aromatic carbocycles. The summed E-state index contributed by atoms with van der Waals surface area (Å²) in [4.78, 5) is 37.7. The molecule has 0 radical (unpaired) electrons.